The second kappa shape index (κ2) is 6.63. The summed E-state index contributed by atoms with van der Waals surface area (Å²) in [5.41, 5.74) is 4.84. The van der Waals surface area contributed by atoms with Gasteiger partial charge in [0.05, 0.1) is 0 Å². The maximum absolute atomic E-state index is 8.51. The van der Waals surface area contributed by atoms with E-state index in [4.69, 9.17) is 10.00 Å². The molecule has 0 saturated heterocycles. The molecular weight excluding hydrogens is 248 g/mol. The zero-order valence-corrected chi connectivity index (χ0v) is 11.8. The van der Waals surface area contributed by atoms with Crippen LogP contribution in [0, 0.1) is 25.2 Å². The number of nitrogens with one attached hydrogen (secondary N) is 1. The van der Waals surface area contributed by atoms with Crippen LogP contribution >= 0.6 is 0 Å². The molecule has 2 aromatic carbocycles. The molecule has 0 amide bonds. The molecular formula is C17H18N2O. The minimum atomic E-state index is 0.0700. The molecule has 0 aliphatic rings. The molecule has 1 N–H and O–H groups in total. The van der Waals surface area contributed by atoms with Gasteiger partial charge >= 0.3 is 0 Å². The SMILES string of the molecule is Cc1ccc(CNc2cccc(OCC#N)c2)cc1C. The average molecular weight is 266 g/mol. The normalized spacial score (nSPS) is 9.85. The molecule has 0 saturated carbocycles. The third-order valence-corrected chi connectivity index (χ3v) is 3.21. The molecule has 2 rings (SSSR count). The molecule has 0 atom stereocenters. The van der Waals surface area contributed by atoms with E-state index >= 15 is 0 Å². The molecule has 0 aromatic heterocycles. The lowest BCUT2D eigenvalue weighted by Gasteiger charge is -2.10. The van der Waals surface area contributed by atoms with Crippen molar-refractivity contribution in [2.24, 2.45) is 0 Å². The molecule has 0 radical (unpaired) electrons. The van der Waals surface area contributed by atoms with Crippen molar-refractivity contribution in [2.45, 2.75) is 20.4 Å². The molecule has 3 heteroatoms. The number of anilines is 1. The van der Waals surface area contributed by atoms with Crippen LogP contribution in [0.4, 0.5) is 5.69 Å². The highest BCUT2D eigenvalue weighted by Crippen LogP contribution is 2.18. The monoisotopic (exact) mass is 266 g/mol. The molecule has 0 spiro atoms. The maximum Gasteiger partial charge on any atom is 0.174 e. The topological polar surface area (TPSA) is 45.0 Å². The van der Waals surface area contributed by atoms with Crippen molar-refractivity contribution in [1.29, 1.82) is 5.26 Å². The van der Waals surface area contributed by atoms with Gasteiger partial charge in [0, 0.05) is 18.3 Å². The van der Waals surface area contributed by atoms with Gasteiger partial charge in [0.15, 0.2) is 6.61 Å². The van der Waals surface area contributed by atoms with Crippen LogP contribution in [-0.2, 0) is 6.54 Å². The Labute approximate surface area is 119 Å². The van der Waals surface area contributed by atoms with E-state index in [9.17, 15) is 0 Å². The Bertz CT molecular complexity index is 629. The Morgan fingerprint density at radius 2 is 1.95 bits per heavy atom. The van der Waals surface area contributed by atoms with Crippen molar-refractivity contribution < 1.29 is 4.74 Å². The van der Waals surface area contributed by atoms with Gasteiger partial charge in [0.25, 0.3) is 0 Å². The first kappa shape index (κ1) is 14.0. The minimum Gasteiger partial charge on any atom is -0.479 e. The third kappa shape index (κ3) is 3.76. The van der Waals surface area contributed by atoms with Crippen molar-refractivity contribution >= 4 is 5.69 Å². The summed E-state index contributed by atoms with van der Waals surface area (Å²) < 4.78 is 5.28. The van der Waals surface area contributed by atoms with Gasteiger partial charge in [-0.25, -0.2) is 0 Å². The summed E-state index contributed by atoms with van der Waals surface area (Å²) in [5, 5.41) is 11.9. The fourth-order valence-electron chi connectivity index (χ4n) is 1.93. The first-order valence-corrected chi connectivity index (χ1v) is 6.59. The Morgan fingerprint density at radius 3 is 2.70 bits per heavy atom. The van der Waals surface area contributed by atoms with E-state index in [1.54, 1.807) is 0 Å². The smallest absolute Gasteiger partial charge is 0.174 e. The lowest BCUT2D eigenvalue weighted by atomic mass is 10.1. The molecule has 20 heavy (non-hydrogen) atoms. The van der Waals surface area contributed by atoms with Crippen LogP contribution in [0.15, 0.2) is 42.5 Å². The van der Waals surface area contributed by atoms with Gasteiger partial charge in [-0.05, 0) is 42.7 Å². The molecule has 0 heterocycles. The van der Waals surface area contributed by atoms with E-state index in [1.165, 1.54) is 16.7 Å². The maximum atomic E-state index is 8.51. The Balaban J connectivity index is 1.99. The Hall–Kier alpha value is -2.47. The van der Waals surface area contributed by atoms with E-state index in [-0.39, 0.29) is 6.61 Å². The first-order valence-electron chi connectivity index (χ1n) is 6.59. The van der Waals surface area contributed by atoms with Crippen LogP contribution in [0.1, 0.15) is 16.7 Å². The summed E-state index contributed by atoms with van der Waals surface area (Å²) in [7, 11) is 0. The summed E-state index contributed by atoms with van der Waals surface area (Å²) in [6.45, 7) is 5.07. The van der Waals surface area contributed by atoms with Crippen LogP contribution < -0.4 is 10.1 Å². The molecule has 0 aliphatic carbocycles. The van der Waals surface area contributed by atoms with Crippen molar-refractivity contribution in [3.05, 3.63) is 59.2 Å². The van der Waals surface area contributed by atoms with Gasteiger partial charge < -0.3 is 10.1 Å². The number of benzene rings is 2. The second-order valence-corrected chi connectivity index (χ2v) is 4.75. The molecule has 0 unspecified atom stereocenters. The second-order valence-electron chi connectivity index (χ2n) is 4.75. The van der Waals surface area contributed by atoms with Crippen LogP contribution in [0.5, 0.6) is 5.75 Å². The largest absolute Gasteiger partial charge is 0.479 e. The number of hydrogen-bond donors (Lipinski definition) is 1. The summed E-state index contributed by atoms with van der Waals surface area (Å²) in [6, 6.07) is 16.1. The van der Waals surface area contributed by atoms with Crippen LogP contribution in [0.3, 0.4) is 0 Å². The lowest BCUT2D eigenvalue weighted by molar-refractivity contribution is 0.368. The van der Waals surface area contributed by atoms with Crippen molar-refractivity contribution in [3.63, 3.8) is 0 Å². The fraction of sp³-hybridized carbons (Fsp3) is 0.235. The summed E-state index contributed by atoms with van der Waals surface area (Å²) >= 11 is 0. The van der Waals surface area contributed by atoms with E-state index in [1.807, 2.05) is 30.3 Å². The molecule has 2 aromatic rings. The highest BCUT2D eigenvalue weighted by atomic mass is 16.5. The third-order valence-electron chi connectivity index (χ3n) is 3.21. The van der Waals surface area contributed by atoms with Gasteiger partial charge in [-0.15, -0.1) is 0 Å². The van der Waals surface area contributed by atoms with Crippen molar-refractivity contribution in [3.8, 4) is 11.8 Å². The van der Waals surface area contributed by atoms with Crippen molar-refractivity contribution in [1.82, 2.24) is 0 Å². The molecule has 102 valence electrons. The summed E-state index contributed by atoms with van der Waals surface area (Å²) in [4.78, 5) is 0. The predicted molar refractivity (Wildman–Crippen MR) is 80.8 cm³/mol. The number of aryl methyl sites for hydroxylation is 2. The van der Waals surface area contributed by atoms with Gasteiger partial charge in [0.2, 0.25) is 0 Å². The highest BCUT2D eigenvalue weighted by Gasteiger charge is 1.99. The van der Waals surface area contributed by atoms with Crippen LogP contribution in [-0.4, -0.2) is 6.61 Å². The van der Waals surface area contributed by atoms with Gasteiger partial charge in [-0.2, -0.15) is 5.26 Å². The van der Waals surface area contributed by atoms with E-state index in [0.29, 0.717) is 5.75 Å². The molecule has 3 nitrogen and oxygen atoms in total. The zero-order chi connectivity index (χ0) is 14.4. The highest BCUT2D eigenvalue weighted by molar-refractivity contribution is 5.48. The first-order chi connectivity index (χ1) is 9.69. The van der Waals surface area contributed by atoms with Gasteiger partial charge in [0.1, 0.15) is 11.8 Å². The zero-order valence-electron chi connectivity index (χ0n) is 11.8. The number of rotatable bonds is 5. The van der Waals surface area contributed by atoms with Gasteiger partial charge in [-0.1, -0.05) is 24.3 Å². The minimum absolute atomic E-state index is 0.0700. The predicted octanol–water partition coefficient (Wildman–Crippen LogP) is 3.82. The standard InChI is InChI=1S/C17H18N2O/c1-13-6-7-15(10-14(13)2)12-19-16-4-3-5-17(11-16)20-9-8-18/h3-7,10-11,19H,9,12H2,1-2H3. The summed E-state index contributed by atoms with van der Waals surface area (Å²) in [5.74, 6) is 0.705. The van der Waals surface area contributed by atoms with E-state index in [2.05, 4.69) is 37.4 Å². The molecule has 0 aliphatic heterocycles. The van der Waals surface area contributed by atoms with E-state index in [0.717, 1.165) is 12.2 Å². The number of hydrogen-bond acceptors (Lipinski definition) is 3. The lowest BCUT2D eigenvalue weighted by Crippen LogP contribution is -2.01. The van der Waals surface area contributed by atoms with Gasteiger partial charge in [-0.3, -0.25) is 0 Å². The molecule has 0 bridgehead atoms. The summed E-state index contributed by atoms with van der Waals surface area (Å²) in [6.07, 6.45) is 0. The molecule has 0 fully saturated rings. The van der Waals surface area contributed by atoms with E-state index < -0.39 is 0 Å². The van der Waals surface area contributed by atoms with Crippen molar-refractivity contribution in [2.75, 3.05) is 11.9 Å². The van der Waals surface area contributed by atoms with Crippen LogP contribution in [0.25, 0.3) is 0 Å². The number of ether oxygens (including phenoxy) is 1. The quantitative estimate of drug-likeness (QED) is 0.894. The fourth-order valence-corrected chi connectivity index (χ4v) is 1.93. The number of nitriles is 1. The Morgan fingerprint density at radius 1 is 1.10 bits per heavy atom. The average Bonchev–Trinajstić information content (AvgIpc) is 2.47. The number of nitrogens with zero attached hydrogens (tertiary/aromatic N) is 1. The Kier molecular flexibility index (Phi) is 4.62. The van der Waals surface area contributed by atoms with Crippen LogP contribution in [0.2, 0.25) is 0 Å².